The molecule has 1 unspecified atom stereocenters. The van der Waals surface area contributed by atoms with Crippen molar-refractivity contribution in [1.82, 2.24) is 14.3 Å². The predicted octanol–water partition coefficient (Wildman–Crippen LogP) is 2.50. The molecule has 0 aliphatic carbocycles. The lowest BCUT2D eigenvalue weighted by atomic mass is 9.77. The van der Waals surface area contributed by atoms with Crippen LogP contribution in [0.1, 0.15) is 24.5 Å². The summed E-state index contributed by atoms with van der Waals surface area (Å²) in [5.41, 5.74) is 2.36. The van der Waals surface area contributed by atoms with Gasteiger partial charge in [0.2, 0.25) is 0 Å². The summed E-state index contributed by atoms with van der Waals surface area (Å²) in [6.07, 6.45) is 4.60. The SMILES string of the molecule is c1cc2sncc2nc1C1CN2CCC1CC2. The minimum Gasteiger partial charge on any atom is -0.303 e. The molecule has 3 saturated heterocycles. The van der Waals surface area contributed by atoms with Crippen LogP contribution in [-0.4, -0.2) is 33.9 Å². The Balaban J connectivity index is 1.73. The van der Waals surface area contributed by atoms with Crippen molar-refractivity contribution in [2.75, 3.05) is 19.6 Å². The molecular weight excluding hydrogens is 230 g/mol. The highest BCUT2D eigenvalue weighted by molar-refractivity contribution is 7.13. The summed E-state index contributed by atoms with van der Waals surface area (Å²) in [6, 6.07) is 4.40. The third-order valence-electron chi connectivity index (χ3n) is 4.27. The van der Waals surface area contributed by atoms with Gasteiger partial charge in [0.25, 0.3) is 0 Å². The van der Waals surface area contributed by atoms with Gasteiger partial charge in [-0.15, -0.1) is 0 Å². The average Bonchev–Trinajstić information content (AvgIpc) is 2.87. The van der Waals surface area contributed by atoms with Gasteiger partial charge in [0.15, 0.2) is 0 Å². The molecule has 1 atom stereocenters. The summed E-state index contributed by atoms with van der Waals surface area (Å²) < 4.78 is 5.41. The van der Waals surface area contributed by atoms with Crippen LogP contribution in [0.4, 0.5) is 0 Å². The molecular formula is C13H15N3S. The van der Waals surface area contributed by atoms with E-state index in [9.17, 15) is 0 Å². The van der Waals surface area contributed by atoms with Crippen molar-refractivity contribution in [2.24, 2.45) is 5.92 Å². The van der Waals surface area contributed by atoms with E-state index in [4.69, 9.17) is 4.98 Å². The van der Waals surface area contributed by atoms with E-state index in [1.807, 2.05) is 6.20 Å². The van der Waals surface area contributed by atoms with Crippen molar-refractivity contribution in [3.63, 3.8) is 0 Å². The molecule has 0 aromatic carbocycles. The van der Waals surface area contributed by atoms with Gasteiger partial charge in [0.05, 0.1) is 10.9 Å². The van der Waals surface area contributed by atoms with Crippen LogP contribution in [0.5, 0.6) is 0 Å². The van der Waals surface area contributed by atoms with Crippen LogP contribution in [0.3, 0.4) is 0 Å². The van der Waals surface area contributed by atoms with Crippen LogP contribution in [0.15, 0.2) is 18.3 Å². The van der Waals surface area contributed by atoms with Gasteiger partial charge < -0.3 is 4.90 Å². The number of fused-ring (bicyclic) bond motifs is 4. The molecule has 3 fully saturated rings. The second-order valence-electron chi connectivity index (χ2n) is 5.19. The summed E-state index contributed by atoms with van der Waals surface area (Å²) >= 11 is 1.54. The lowest BCUT2D eigenvalue weighted by molar-refractivity contribution is 0.0856. The molecule has 2 bridgehead atoms. The number of aromatic nitrogens is 2. The lowest BCUT2D eigenvalue weighted by Crippen LogP contribution is -2.46. The van der Waals surface area contributed by atoms with Gasteiger partial charge >= 0.3 is 0 Å². The van der Waals surface area contributed by atoms with Gasteiger partial charge in [0.1, 0.15) is 5.52 Å². The van der Waals surface area contributed by atoms with E-state index in [1.165, 1.54) is 54.4 Å². The third-order valence-corrected chi connectivity index (χ3v) is 5.02. The fourth-order valence-corrected chi connectivity index (χ4v) is 3.87. The molecule has 3 nitrogen and oxygen atoms in total. The van der Waals surface area contributed by atoms with E-state index in [1.54, 1.807) is 0 Å². The maximum absolute atomic E-state index is 4.80. The Morgan fingerprint density at radius 2 is 2.12 bits per heavy atom. The van der Waals surface area contributed by atoms with Gasteiger partial charge in [0, 0.05) is 18.2 Å². The first-order valence-corrected chi connectivity index (χ1v) is 7.11. The topological polar surface area (TPSA) is 29.0 Å². The maximum atomic E-state index is 4.80. The number of nitrogens with zero attached hydrogens (tertiary/aromatic N) is 3. The Morgan fingerprint density at radius 1 is 1.24 bits per heavy atom. The minimum absolute atomic E-state index is 0.654. The molecule has 2 aromatic rings. The molecule has 0 spiro atoms. The molecule has 5 rings (SSSR count). The Kier molecular flexibility index (Phi) is 2.20. The van der Waals surface area contributed by atoms with Crippen LogP contribution in [-0.2, 0) is 0 Å². The summed E-state index contributed by atoms with van der Waals surface area (Å²) in [5, 5.41) is 0. The first-order chi connectivity index (χ1) is 8.40. The number of hydrogen-bond donors (Lipinski definition) is 0. The lowest BCUT2D eigenvalue weighted by Gasteiger charge is -2.44. The zero-order chi connectivity index (χ0) is 11.2. The minimum atomic E-state index is 0.654. The van der Waals surface area contributed by atoms with Crippen LogP contribution in [0.25, 0.3) is 10.2 Å². The number of piperidine rings is 3. The highest BCUT2D eigenvalue weighted by Gasteiger charge is 2.35. The van der Waals surface area contributed by atoms with Crippen molar-refractivity contribution >= 4 is 21.7 Å². The van der Waals surface area contributed by atoms with Crippen molar-refractivity contribution in [1.29, 1.82) is 0 Å². The van der Waals surface area contributed by atoms with E-state index >= 15 is 0 Å². The molecule has 88 valence electrons. The third kappa shape index (κ3) is 1.58. The highest BCUT2D eigenvalue weighted by Crippen LogP contribution is 2.38. The summed E-state index contributed by atoms with van der Waals surface area (Å²) in [7, 11) is 0. The van der Waals surface area contributed by atoms with Gasteiger partial charge in [-0.25, -0.2) is 4.98 Å². The maximum Gasteiger partial charge on any atom is 0.101 e. The van der Waals surface area contributed by atoms with Gasteiger partial charge in [-0.05, 0) is 55.5 Å². The molecule has 3 aliphatic heterocycles. The summed E-state index contributed by atoms with van der Waals surface area (Å²) in [5.74, 6) is 1.51. The van der Waals surface area contributed by atoms with Gasteiger partial charge in [-0.3, -0.25) is 0 Å². The van der Waals surface area contributed by atoms with E-state index < -0.39 is 0 Å². The van der Waals surface area contributed by atoms with Gasteiger partial charge in [-0.2, -0.15) is 4.37 Å². The van der Waals surface area contributed by atoms with E-state index in [2.05, 4.69) is 21.4 Å². The molecule has 17 heavy (non-hydrogen) atoms. The Hall–Kier alpha value is -1.00. The number of rotatable bonds is 1. The van der Waals surface area contributed by atoms with Crippen LogP contribution >= 0.6 is 11.5 Å². The van der Waals surface area contributed by atoms with Crippen LogP contribution in [0.2, 0.25) is 0 Å². The fourth-order valence-electron chi connectivity index (χ4n) is 3.29. The monoisotopic (exact) mass is 245 g/mol. The fraction of sp³-hybridized carbons (Fsp3) is 0.538. The molecule has 0 N–H and O–H groups in total. The molecule has 5 heterocycles. The predicted molar refractivity (Wildman–Crippen MR) is 69.3 cm³/mol. The molecule has 0 amide bonds. The molecule has 3 aliphatic rings. The van der Waals surface area contributed by atoms with Crippen molar-refractivity contribution in [3.05, 3.63) is 24.0 Å². The van der Waals surface area contributed by atoms with E-state index in [0.29, 0.717) is 5.92 Å². The average molecular weight is 245 g/mol. The van der Waals surface area contributed by atoms with Crippen molar-refractivity contribution in [2.45, 2.75) is 18.8 Å². The summed E-state index contributed by atoms with van der Waals surface area (Å²) in [6.45, 7) is 3.80. The Bertz CT molecular complexity index is 542. The highest BCUT2D eigenvalue weighted by atomic mass is 32.1. The zero-order valence-corrected chi connectivity index (χ0v) is 10.5. The quantitative estimate of drug-likeness (QED) is 0.773. The largest absolute Gasteiger partial charge is 0.303 e. The second kappa shape index (κ2) is 3.75. The standard InChI is InChI=1S/C13H15N3S/c1-2-13-12(7-14-17-13)15-11(1)10-8-16-5-3-9(10)4-6-16/h1-2,7,9-10H,3-6,8H2. The van der Waals surface area contributed by atoms with Crippen LogP contribution in [0, 0.1) is 5.92 Å². The molecule has 2 aromatic heterocycles. The van der Waals surface area contributed by atoms with E-state index in [0.717, 1.165) is 11.4 Å². The first kappa shape index (κ1) is 9.97. The summed E-state index contributed by atoms with van der Waals surface area (Å²) in [4.78, 5) is 7.38. The molecule has 0 saturated carbocycles. The Labute approximate surface area is 105 Å². The molecule has 4 heteroatoms. The smallest absolute Gasteiger partial charge is 0.101 e. The van der Waals surface area contributed by atoms with Crippen molar-refractivity contribution < 1.29 is 0 Å². The Morgan fingerprint density at radius 3 is 2.88 bits per heavy atom. The number of hydrogen-bond acceptors (Lipinski definition) is 4. The van der Waals surface area contributed by atoms with Gasteiger partial charge in [-0.1, -0.05) is 0 Å². The second-order valence-corrected chi connectivity index (χ2v) is 6.02. The zero-order valence-electron chi connectivity index (χ0n) is 9.67. The number of pyridine rings is 1. The first-order valence-electron chi connectivity index (χ1n) is 6.34. The van der Waals surface area contributed by atoms with Crippen LogP contribution < -0.4 is 0 Å². The van der Waals surface area contributed by atoms with Crippen molar-refractivity contribution in [3.8, 4) is 0 Å². The normalized spacial score (nSPS) is 32.1. The molecule has 0 radical (unpaired) electrons. The van der Waals surface area contributed by atoms with E-state index in [-0.39, 0.29) is 0 Å².